The normalized spacial score (nSPS) is 11.7. The van der Waals surface area contributed by atoms with Crippen molar-refractivity contribution in [2.45, 2.75) is 26.9 Å². The number of rotatable bonds is 4. The summed E-state index contributed by atoms with van der Waals surface area (Å²) in [4.78, 5) is 24.2. The van der Waals surface area contributed by atoms with Crippen LogP contribution in [0, 0.1) is 19.7 Å². The van der Waals surface area contributed by atoms with E-state index in [1.165, 1.54) is 25.1 Å². The van der Waals surface area contributed by atoms with Crippen LogP contribution in [0.4, 0.5) is 10.1 Å². The number of para-hydroxylation sites is 1. The number of esters is 1. The van der Waals surface area contributed by atoms with E-state index < -0.39 is 23.8 Å². The van der Waals surface area contributed by atoms with Crippen LogP contribution < -0.4 is 5.32 Å². The summed E-state index contributed by atoms with van der Waals surface area (Å²) in [5, 5.41) is 2.40. The van der Waals surface area contributed by atoms with Gasteiger partial charge >= 0.3 is 5.97 Å². The van der Waals surface area contributed by atoms with Crippen molar-refractivity contribution in [3.8, 4) is 0 Å². The van der Waals surface area contributed by atoms with Gasteiger partial charge in [0.1, 0.15) is 5.82 Å². The monoisotopic (exact) mass is 315 g/mol. The van der Waals surface area contributed by atoms with E-state index in [4.69, 9.17) is 4.74 Å². The van der Waals surface area contributed by atoms with Gasteiger partial charge in [0.05, 0.1) is 11.3 Å². The van der Waals surface area contributed by atoms with E-state index in [1.807, 2.05) is 19.1 Å². The highest BCUT2D eigenvalue weighted by Gasteiger charge is 2.21. The maximum atomic E-state index is 13.5. The summed E-state index contributed by atoms with van der Waals surface area (Å²) in [6.45, 7) is 5.10. The first-order chi connectivity index (χ1) is 10.9. The molecule has 0 radical (unpaired) electrons. The topological polar surface area (TPSA) is 55.4 Å². The average Bonchev–Trinajstić information content (AvgIpc) is 2.51. The number of amides is 1. The van der Waals surface area contributed by atoms with E-state index >= 15 is 0 Å². The van der Waals surface area contributed by atoms with Crippen molar-refractivity contribution in [1.29, 1.82) is 0 Å². The Labute approximate surface area is 134 Å². The maximum Gasteiger partial charge on any atom is 0.339 e. The fraction of sp³-hybridized carbons (Fsp3) is 0.222. The largest absolute Gasteiger partial charge is 0.449 e. The molecule has 0 spiro atoms. The smallest absolute Gasteiger partial charge is 0.339 e. The van der Waals surface area contributed by atoms with E-state index in [2.05, 4.69) is 5.32 Å². The summed E-state index contributed by atoms with van der Waals surface area (Å²) in [6.07, 6.45) is -1.04. The fourth-order valence-corrected chi connectivity index (χ4v) is 2.03. The zero-order valence-corrected chi connectivity index (χ0v) is 13.2. The number of anilines is 1. The molecular formula is C18H18FNO3. The van der Waals surface area contributed by atoms with Gasteiger partial charge in [-0.25, -0.2) is 9.18 Å². The Morgan fingerprint density at radius 3 is 2.52 bits per heavy atom. The Bertz CT molecular complexity index is 743. The second-order valence-electron chi connectivity index (χ2n) is 5.34. The lowest BCUT2D eigenvalue weighted by Gasteiger charge is -2.15. The predicted molar refractivity (Wildman–Crippen MR) is 85.8 cm³/mol. The SMILES string of the molecule is Cc1ccc(C)c(C(=O)O[C@@H](C)C(=O)Nc2ccccc2F)c1. The van der Waals surface area contributed by atoms with E-state index in [0.29, 0.717) is 5.56 Å². The molecule has 0 aromatic heterocycles. The number of ether oxygens (including phenoxy) is 1. The summed E-state index contributed by atoms with van der Waals surface area (Å²) in [7, 11) is 0. The van der Waals surface area contributed by atoms with Crippen molar-refractivity contribution in [2.75, 3.05) is 5.32 Å². The van der Waals surface area contributed by atoms with Crippen molar-refractivity contribution in [3.05, 3.63) is 65.0 Å². The van der Waals surface area contributed by atoms with Gasteiger partial charge in [0.15, 0.2) is 6.10 Å². The van der Waals surface area contributed by atoms with E-state index in [-0.39, 0.29) is 5.69 Å². The zero-order chi connectivity index (χ0) is 17.0. The third-order valence-electron chi connectivity index (χ3n) is 3.40. The first-order valence-corrected chi connectivity index (χ1v) is 7.22. The standard InChI is InChI=1S/C18H18FNO3/c1-11-8-9-12(2)14(10-11)18(22)23-13(3)17(21)20-16-7-5-4-6-15(16)19/h4-10,13H,1-3H3,(H,20,21)/t13-/m0/s1. The molecule has 1 atom stereocenters. The Morgan fingerprint density at radius 2 is 1.83 bits per heavy atom. The highest BCUT2D eigenvalue weighted by Crippen LogP contribution is 2.15. The summed E-state index contributed by atoms with van der Waals surface area (Å²) in [5.41, 5.74) is 2.15. The number of hydrogen-bond donors (Lipinski definition) is 1. The number of hydrogen-bond acceptors (Lipinski definition) is 3. The molecule has 23 heavy (non-hydrogen) atoms. The van der Waals surface area contributed by atoms with Gasteiger partial charge in [-0.1, -0.05) is 29.8 Å². The Kier molecular flexibility index (Phi) is 5.11. The molecule has 4 nitrogen and oxygen atoms in total. The molecule has 2 aromatic carbocycles. The lowest BCUT2D eigenvalue weighted by atomic mass is 10.1. The fourth-order valence-electron chi connectivity index (χ4n) is 2.03. The molecule has 5 heteroatoms. The highest BCUT2D eigenvalue weighted by atomic mass is 19.1. The quantitative estimate of drug-likeness (QED) is 0.877. The summed E-state index contributed by atoms with van der Waals surface area (Å²) >= 11 is 0. The summed E-state index contributed by atoms with van der Waals surface area (Å²) < 4.78 is 18.7. The molecule has 1 N–H and O–H groups in total. The van der Waals surface area contributed by atoms with Crippen molar-refractivity contribution >= 4 is 17.6 Å². The van der Waals surface area contributed by atoms with E-state index in [9.17, 15) is 14.0 Å². The molecule has 0 aliphatic rings. The Balaban J connectivity index is 2.05. The van der Waals surface area contributed by atoms with Gasteiger partial charge in [0, 0.05) is 0 Å². The van der Waals surface area contributed by atoms with Crippen molar-refractivity contribution in [1.82, 2.24) is 0 Å². The lowest BCUT2D eigenvalue weighted by Crippen LogP contribution is -2.30. The molecule has 0 saturated heterocycles. The third-order valence-corrected chi connectivity index (χ3v) is 3.40. The molecule has 0 unspecified atom stereocenters. The Hall–Kier alpha value is -2.69. The van der Waals surface area contributed by atoms with Gasteiger partial charge < -0.3 is 10.1 Å². The van der Waals surface area contributed by atoms with Crippen molar-refractivity contribution < 1.29 is 18.7 Å². The molecule has 0 saturated carbocycles. The summed E-state index contributed by atoms with van der Waals surface area (Å²) in [5.74, 6) is -1.72. The van der Waals surface area contributed by atoms with Gasteiger partial charge in [0.2, 0.25) is 0 Å². The molecule has 2 rings (SSSR count). The second kappa shape index (κ2) is 7.05. The van der Waals surface area contributed by atoms with Gasteiger partial charge in [-0.2, -0.15) is 0 Å². The maximum absolute atomic E-state index is 13.5. The number of nitrogens with one attached hydrogen (secondary N) is 1. The van der Waals surface area contributed by atoms with Crippen LogP contribution in [0.5, 0.6) is 0 Å². The number of halogens is 1. The molecule has 0 aliphatic heterocycles. The van der Waals surface area contributed by atoms with Gasteiger partial charge in [0.25, 0.3) is 5.91 Å². The number of aryl methyl sites for hydroxylation is 2. The second-order valence-corrected chi connectivity index (χ2v) is 5.34. The number of carbonyl (C=O) groups is 2. The van der Waals surface area contributed by atoms with Gasteiger partial charge in [-0.3, -0.25) is 4.79 Å². The molecule has 1 amide bonds. The van der Waals surface area contributed by atoms with Crippen LogP contribution in [-0.4, -0.2) is 18.0 Å². The first kappa shape index (κ1) is 16.7. The number of carbonyl (C=O) groups excluding carboxylic acids is 2. The van der Waals surface area contributed by atoms with Crippen LogP contribution in [0.1, 0.15) is 28.4 Å². The minimum atomic E-state index is -1.04. The van der Waals surface area contributed by atoms with Crippen LogP contribution in [0.3, 0.4) is 0 Å². The first-order valence-electron chi connectivity index (χ1n) is 7.22. The molecule has 120 valence electrons. The van der Waals surface area contributed by atoms with E-state index in [1.54, 1.807) is 19.1 Å². The van der Waals surface area contributed by atoms with Crippen molar-refractivity contribution in [3.63, 3.8) is 0 Å². The molecule has 0 heterocycles. The van der Waals surface area contributed by atoms with Gasteiger partial charge in [-0.15, -0.1) is 0 Å². The third kappa shape index (κ3) is 4.16. The molecule has 0 aliphatic carbocycles. The Morgan fingerprint density at radius 1 is 1.13 bits per heavy atom. The van der Waals surface area contributed by atoms with E-state index in [0.717, 1.165) is 11.1 Å². The molecular weight excluding hydrogens is 297 g/mol. The van der Waals surface area contributed by atoms with Crippen molar-refractivity contribution in [2.24, 2.45) is 0 Å². The minimum Gasteiger partial charge on any atom is -0.449 e. The predicted octanol–water partition coefficient (Wildman–Crippen LogP) is 3.63. The average molecular weight is 315 g/mol. The molecule has 0 bridgehead atoms. The van der Waals surface area contributed by atoms with Crippen LogP contribution in [0.2, 0.25) is 0 Å². The van der Waals surface area contributed by atoms with Crippen LogP contribution in [0.15, 0.2) is 42.5 Å². The lowest BCUT2D eigenvalue weighted by molar-refractivity contribution is -0.123. The minimum absolute atomic E-state index is 0.0483. The van der Waals surface area contributed by atoms with Crippen LogP contribution >= 0.6 is 0 Å². The molecule has 2 aromatic rings. The summed E-state index contributed by atoms with van der Waals surface area (Å²) in [6, 6.07) is 11.2. The molecule has 0 fully saturated rings. The highest BCUT2D eigenvalue weighted by molar-refractivity contribution is 5.97. The zero-order valence-electron chi connectivity index (χ0n) is 13.2. The van der Waals surface area contributed by atoms with Crippen LogP contribution in [-0.2, 0) is 9.53 Å². The van der Waals surface area contributed by atoms with Crippen LogP contribution in [0.25, 0.3) is 0 Å². The van der Waals surface area contributed by atoms with Gasteiger partial charge in [-0.05, 0) is 44.5 Å². The number of benzene rings is 2.